The van der Waals surface area contributed by atoms with Crippen LogP contribution in [0.5, 0.6) is 5.75 Å². The fraction of sp³-hybridized carbons (Fsp3) is 0.524. The number of carbonyl (C=O) groups is 1. The van der Waals surface area contributed by atoms with Crippen LogP contribution in [-0.2, 0) is 10.7 Å². The summed E-state index contributed by atoms with van der Waals surface area (Å²) >= 11 is 0. The van der Waals surface area contributed by atoms with Gasteiger partial charge in [-0.2, -0.15) is 0 Å². The highest BCUT2D eigenvalue weighted by molar-refractivity contribution is 6.11. The molecule has 0 spiro atoms. The summed E-state index contributed by atoms with van der Waals surface area (Å²) in [4.78, 5) is 13.0. The van der Waals surface area contributed by atoms with Gasteiger partial charge in [-0.25, -0.2) is 8.78 Å². The highest BCUT2D eigenvalue weighted by atomic mass is 19.3. The average molecular weight is 411 g/mol. The lowest BCUT2D eigenvalue weighted by Crippen LogP contribution is -2.31. The van der Waals surface area contributed by atoms with Crippen LogP contribution in [-0.4, -0.2) is 56.7 Å². The largest absolute Gasteiger partial charge is 0.494 e. The molecule has 0 amide bonds. The van der Waals surface area contributed by atoms with Gasteiger partial charge in [0.2, 0.25) is 0 Å². The van der Waals surface area contributed by atoms with E-state index in [0.717, 1.165) is 20.0 Å². The highest BCUT2D eigenvalue weighted by Gasteiger charge is 2.26. The zero-order valence-corrected chi connectivity index (χ0v) is 17.6. The van der Waals surface area contributed by atoms with Gasteiger partial charge in [-0.05, 0) is 45.6 Å². The first-order valence-corrected chi connectivity index (χ1v) is 9.57. The molecular weight excluding hydrogens is 378 g/mol. The summed E-state index contributed by atoms with van der Waals surface area (Å²) in [5, 5.41) is 11.5. The van der Waals surface area contributed by atoms with E-state index in [1.165, 1.54) is 25.3 Å². The van der Waals surface area contributed by atoms with E-state index in [1.807, 2.05) is 19.0 Å². The third-order valence-electron chi connectivity index (χ3n) is 4.35. The third kappa shape index (κ3) is 8.70. The van der Waals surface area contributed by atoms with E-state index >= 15 is 0 Å². The SMILES string of the molecule is CNCCN(C)C/C(=C/N)C(=N)c1cc(OCCCC(C)=O)cc(C(C)(F)F)c1. The molecule has 0 bridgehead atoms. The smallest absolute Gasteiger partial charge is 0.270 e. The number of nitrogens with zero attached hydrogens (tertiary/aromatic N) is 1. The van der Waals surface area contributed by atoms with Crippen molar-refractivity contribution in [1.82, 2.24) is 10.2 Å². The molecule has 0 aromatic heterocycles. The first kappa shape index (κ1) is 24.7. The van der Waals surface area contributed by atoms with Crippen molar-refractivity contribution in [3.63, 3.8) is 0 Å². The molecule has 0 aliphatic rings. The topological polar surface area (TPSA) is 91.4 Å². The minimum atomic E-state index is -3.08. The quantitative estimate of drug-likeness (QED) is 0.344. The van der Waals surface area contributed by atoms with Gasteiger partial charge in [0.1, 0.15) is 11.5 Å². The standard InChI is InChI=1S/C21H32F2N4O2/c1-15(28)6-5-9-29-19-11-16(10-18(12-19)21(2,22)23)20(25)17(13-24)14-27(4)8-7-26-3/h10-13,25-26H,5-9,14,24H2,1-4H3/b17-13-,25-20?. The Hall–Kier alpha value is -2.32. The molecule has 0 aliphatic heterocycles. The van der Waals surface area contributed by atoms with Gasteiger partial charge in [0, 0.05) is 55.9 Å². The van der Waals surface area contributed by atoms with Crippen molar-refractivity contribution in [2.24, 2.45) is 5.73 Å². The van der Waals surface area contributed by atoms with E-state index in [2.05, 4.69) is 5.32 Å². The lowest BCUT2D eigenvalue weighted by Gasteiger charge is -2.20. The van der Waals surface area contributed by atoms with E-state index in [9.17, 15) is 13.6 Å². The molecule has 0 heterocycles. The lowest BCUT2D eigenvalue weighted by atomic mass is 9.98. The van der Waals surface area contributed by atoms with Crippen molar-refractivity contribution in [2.75, 3.05) is 40.3 Å². The first-order valence-electron chi connectivity index (χ1n) is 9.57. The second-order valence-corrected chi connectivity index (χ2v) is 7.20. The van der Waals surface area contributed by atoms with Crippen molar-refractivity contribution >= 4 is 11.5 Å². The third-order valence-corrected chi connectivity index (χ3v) is 4.35. The molecule has 8 heteroatoms. The number of ether oxygens (including phenoxy) is 1. The molecule has 0 aliphatic carbocycles. The van der Waals surface area contributed by atoms with Crippen molar-refractivity contribution < 1.29 is 18.3 Å². The Morgan fingerprint density at radius 2 is 2.07 bits per heavy atom. The molecule has 0 saturated heterocycles. The predicted octanol–water partition coefficient (Wildman–Crippen LogP) is 2.91. The van der Waals surface area contributed by atoms with Crippen molar-refractivity contribution in [1.29, 1.82) is 5.41 Å². The fourth-order valence-corrected chi connectivity index (χ4v) is 2.66. The number of rotatable bonds is 13. The van der Waals surface area contributed by atoms with Crippen LogP contribution in [0.1, 0.15) is 37.8 Å². The lowest BCUT2D eigenvalue weighted by molar-refractivity contribution is -0.117. The summed E-state index contributed by atoms with van der Waals surface area (Å²) in [6.07, 6.45) is 2.20. The van der Waals surface area contributed by atoms with E-state index in [-0.39, 0.29) is 29.4 Å². The summed E-state index contributed by atoms with van der Waals surface area (Å²) in [5.74, 6) is -2.79. The minimum absolute atomic E-state index is 0.0463. The van der Waals surface area contributed by atoms with E-state index in [1.54, 1.807) is 6.07 Å². The van der Waals surface area contributed by atoms with Crippen LogP contribution in [0.4, 0.5) is 8.78 Å². The van der Waals surface area contributed by atoms with Gasteiger partial charge >= 0.3 is 0 Å². The van der Waals surface area contributed by atoms with Crippen LogP contribution in [0.2, 0.25) is 0 Å². The molecule has 162 valence electrons. The zero-order chi connectivity index (χ0) is 22.0. The monoisotopic (exact) mass is 410 g/mol. The highest BCUT2D eigenvalue weighted by Crippen LogP contribution is 2.31. The number of carbonyl (C=O) groups excluding carboxylic acids is 1. The minimum Gasteiger partial charge on any atom is -0.494 e. The normalized spacial score (nSPS) is 12.3. The molecule has 0 unspecified atom stereocenters. The average Bonchev–Trinajstić information content (AvgIpc) is 2.66. The maximum Gasteiger partial charge on any atom is 0.270 e. The predicted molar refractivity (Wildman–Crippen MR) is 112 cm³/mol. The molecule has 0 radical (unpaired) electrons. The molecule has 1 aromatic carbocycles. The molecule has 0 saturated carbocycles. The van der Waals surface area contributed by atoms with Gasteiger partial charge in [-0.1, -0.05) is 0 Å². The first-order chi connectivity index (χ1) is 13.6. The number of hydrogen-bond acceptors (Lipinski definition) is 6. The van der Waals surface area contributed by atoms with E-state index in [4.69, 9.17) is 15.9 Å². The summed E-state index contributed by atoms with van der Waals surface area (Å²) < 4.78 is 33.5. The maximum absolute atomic E-state index is 14.0. The number of halogens is 2. The molecule has 1 aromatic rings. The summed E-state index contributed by atoms with van der Waals surface area (Å²) in [6.45, 7) is 4.47. The Bertz CT molecular complexity index is 730. The summed E-state index contributed by atoms with van der Waals surface area (Å²) in [5.41, 5.74) is 6.40. The van der Waals surface area contributed by atoms with Gasteiger partial charge in [-0.3, -0.25) is 5.41 Å². The van der Waals surface area contributed by atoms with Gasteiger partial charge in [0.05, 0.1) is 12.3 Å². The van der Waals surface area contributed by atoms with Gasteiger partial charge in [-0.15, -0.1) is 0 Å². The van der Waals surface area contributed by atoms with E-state index < -0.39 is 5.92 Å². The Morgan fingerprint density at radius 3 is 2.62 bits per heavy atom. The molecular formula is C21H32F2N4O2. The van der Waals surface area contributed by atoms with Crippen LogP contribution < -0.4 is 15.8 Å². The van der Waals surface area contributed by atoms with Crippen molar-refractivity contribution in [3.05, 3.63) is 41.1 Å². The Morgan fingerprint density at radius 1 is 1.38 bits per heavy atom. The number of nitrogens with one attached hydrogen (secondary N) is 2. The fourth-order valence-electron chi connectivity index (χ4n) is 2.66. The van der Waals surface area contributed by atoms with Crippen LogP contribution in [0.15, 0.2) is 30.0 Å². The Balaban J connectivity index is 3.05. The number of benzene rings is 1. The van der Waals surface area contributed by atoms with Gasteiger partial charge in [0.25, 0.3) is 5.92 Å². The van der Waals surface area contributed by atoms with Crippen molar-refractivity contribution in [2.45, 2.75) is 32.6 Å². The molecule has 4 N–H and O–H groups in total. The number of ketones is 1. The van der Waals surface area contributed by atoms with Crippen LogP contribution in [0.25, 0.3) is 0 Å². The maximum atomic E-state index is 14.0. The number of nitrogens with two attached hydrogens (primary N) is 1. The van der Waals surface area contributed by atoms with Gasteiger partial charge in [0.15, 0.2) is 0 Å². The van der Waals surface area contributed by atoms with Crippen LogP contribution in [0, 0.1) is 5.41 Å². The number of hydrogen-bond donors (Lipinski definition) is 3. The zero-order valence-electron chi connectivity index (χ0n) is 17.6. The summed E-state index contributed by atoms with van der Waals surface area (Å²) in [6, 6.07) is 4.12. The number of alkyl halides is 2. The molecule has 1 rings (SSSR count). The van der Waals surface area contributed by atoms with E-state index in [0.29, 0.717) is 30.5 Å². The second-order valence-electron chi connectivity index (χ2n) is 7.20. The van der Waals surface area contributed by atoms with Crippen LogP contribution in [0.3, 0.4) is 0 Å². The van der Waals surface area contributed by atoms with Crippen molar-refractivity contribution in [3.8, 4) is 5.75 Å². The Labute approximate surface area is 171 Å². The Kier molecular flexibility index (Phi) is 9.91. The summed E-state index contributed by atoms with van der Waals surface area (Å²) in [7, 11) is 3.75. The molecule has 29 heavy (non-hydrogen) atoms. The van der Waals surface area contributed by atoms with Gasteiger partial charge < -0.3 is 25.5 Å². The molecule has 6 nitrogen and oxygen atoms in total. The second kappa shape index (κ2) is 11.6. The number of Topliss-reactive ketones (excluding diaryl/α,β-unsaturated/α-hetero) is 1. The van der Waals surface area contributed by atoms with Crippen LogP contribution >= 0.6 is 0 Å². The molecule has 0 fully saturated rings. The molecule has 0 atom stereocenters. The number of likely N-dealkylation sites (N-methyl/N-ethyl adjacent to an activating group) is 2.